The number of methoxy groups -OCH3 is 2. The Labute approximate surface area is 127 Å². The highest BCUT2D eigenvalue weighted by atomic mass is 16.5. The summed E-state index contributed by atoms with van der Waals surface area (Å²) in [5.74, 6) is 2.57. The maximum Gasteiger partial charge on any atom is 0.160 e. The lowest BCUT2D eigenvalue weighted by atomic mass is 10.1. The molecule has 1 saturated heterocycles. The van der Waals surface area contributed by atoms with Gasteiger partial charge in [0.1, 0.15) is 0 Å². The topological polar surface area (TPSA) is 33.7 Å². The molecular weight excluding hydrogens is 264 g/mol. The summed E-state index contributed by atoms with van der Waals surface area (Å²) in [6.45, 7) is 4.63. The Kier molecular flexibility index (Phi) is 4.66. The monoisotopic (exact) mass is 290 g/mol. The maximum atomic E-state index is 5.38. The van der Waals surface area contributed by atoms with Gasteiger partial charge in [0.15, 0.2) is 11.5 Å². The van der Waals surface area contributed by atoms with Gasteiger partial charge in [-0.3, -0.25) is 0 Å². The number of hydrogen-bond acceptors (Lipinski definition) is 4. The van der Waals surface area contributed by atoms with Crippen LogP contribution >= 0.6 is 0 Å². The average Bonchev–Trinajstić information content (AvgIpc) is 3.38. The van der Waals surface area contributed by atoms with Crippen LogP contribution in [0.2, 0.25) is 0 Å². The zero-order chi connectivity index (χ0) is 14.7. The fraction of sp³-hybridized carbons (Fsp3) is 0.647. The Morgan fingerprint density at radius 2 is 2.00 bits per heavy atom. The second kappa shape index (κ2) is 6.67. The summed E-state index contributed by atoms with van der Waals surface area (Å²) < 4.78 is 10.7. The molecule has 1 aliphatic heterocycles. The largest absolute Gasteiger partial charge is 0.493 e. The summed E-state index contributed by atoms with van der Waals surface area (Å²) in [7, 11) is 3.37. The fourth-order valence-electron chi connectivity index (χ4n) is 3.18. The predicted octanol–water partition coefficient (Wildman–Crippen LogP) is 1.93. The van der Waals surface area contributed by atoms with Crippen molar-refractivity contribution in [3.63, 3.8) is 0 Å². The van der Waals surface area contributed by atoms with Crippen LogP contribution in [0, 0.1) is 5.92 Å². The summed E-state index contributed by atoms with van der Waals surface area (Å²) in [6, 6.07) is 6.96. The first-order chi connectivity index (χ1) is 10.3. The first kappa shape index (κ1) is 14.7. The zero-order valence-electron chi connectivity index (χ0n) is 13.1. The van der Waals surface area contributed by atoms with E-state index in [2.05, 4.69) is 22.3 Å². The first-order valence-corrected chi connectivity index (χ1v) is 7.97. The standard InChI is InChI=1S/C17H26N2O2/c1-20-16-6-3-13(11-17(16)21-2)7-9-19-10-8-18-15(12-19)14-4-5-14/h3,6,11,14-15,18H,4-5,7-10,12H2,1-2H3. The van der Waals surface area contributed by atoms with Crippen LogP contribution in [0.4, 0.5) is 0 Å². The lowest BCUT2D eigenvalue weighted by Gasteiger charge is -2.33. The molecule has 4 heteroatoms. The van der Waals surface area contributed by atoms with Crippen LogP contribution in [0.3, 0.4) is 0 Å². The van der Waals surface area contributed by atoms with E-state index < -0.39 is 0 Å². The van der Waals surface area contributed by atoms with E-state index >= 15 is 0 Å². The normalized spacial score (nSPS) is 23.0. The van der Waals surface area contributed by atoms with Crippen molar-refractivity contribution in [3.8, 4) is 11.5 Å². The molecule has 1 atom stereocenters. The molecule has 0 bridgehead atoms. The molecule has 1 unspecified atom stereocenters. The van der Waals surface area contributed by atoms with Crippen molar-refractivity contribution in [1.82, 2.24) is 10.2 Å². The average molecular weight is 290 g/mol. The molecule has 21 heavy (non-hydrogen) atoms. The lowest BCUT2D eigenvalue weighted by Crippen LogP contribution is -2.52. The highest BCUT2D eigenvalue weighted by molar-refractivity contribution is 5.42. The van der Waals surface area contributed by atoms with Gasteiger partial charge in [0.25, 0.3) is 0 Å². The molecule has 4 nitrogen and oxygen atoms in total. The molecule has 0 radical (unpaired) electrons. The van der Waals surface area contributed by atoms with Crippen molar-refractivity contribution in [3.05, 3.63) is 23.8 Å². The van der Waals surface area contributed by atoms with E-state index in [0.29, 0.717) is 0 Å². The summed E-state index contributed by atoms with van der Waals surface area (Å²) in [5, 5.41) is 3.66. The van der Waals surface area contributed by atoms with Gasteiger partial charge in [0.2, 0.25) is 0 Å². The van der Waals surface area contributed by atoms with Gasteiger partial charge in [0.05, 0.1) is 14.2 Å². The number of benzene rings is 1. The summed E-state index contributed by atoms with van der Waals surface area (Å²) in [6.07, 6.45) is 3.90. The zero-order valence-corrected chi connectivity index (χ0v) is 13.1. The van der Waals surface area contributed by atoms with Gasteiger partial charge < -0.3 is 19.7 Å². The molecule has 116 valence electrons. The number of ether oxygens (including phenoxy) is 2. The minimum absolute atomic E-state index is 0.726. The molecule has 0 spiro atoms. The number of nitrogens with one attached hydrogen (secondary N) is 1. The van der Waals surface area contributed by atoms with Gasteiger partial charge in [-0.05, 0) is 42.9 Å². The third-order valence-corrected chi connectivity index (χ3v) is 4.65. The van der Waals surface area contributed by atoms with E-state index in [1.807, 2.05) is 6.07 Å². The SMILES string of the molecule is COc1ccc(CCN2CCNC(C3CC3)C2)cc1OC. The second-order valence-electron chi connectivity index (χ2n) is 6.14. The van der Waals surface area contributed by atoms with Crippen LogP contribution in [0.15, 0.2) is 18.2 Å². The van der Waals surface area contributed by atoms with E-state index in [0.717, 1.165) is 49.5 Å². The minimum atomic E-state index is 0.726. The van der Waals surface area contributed by atoms with E-state index in [-0.39, 0.29) is 0 Å². The van der Waals surface area contributed by atoms with E-state index in [1.165, 1.54) is 24.9 Å². The Morgan fingerprint density at radius 3 is 2.71 bits per heavy atom. The highest BCUT2D eigenvalue weighted by Crippen LogP contribution is 2.33. The molecule has 1 N–H and O–H groups in total. The van der Waals surface area contributed by atoms with Crippen molar-refractivity contribution < 1.29 is 9.47 Å². The molecule has 0 aromatic heterocycles. The van der Waals surface area contributed by atoms with Gasteiger partial charge in [-0.2, -0.15) is 0 Å². The third-order valence-electron chi connectivity index (χ3n) is 4.65. The number of nitrogens with zero attached hydrogens (tertiary/aromatic N) is 1. The summed E-state index contributed by atoms with van der Waals surface area (Å²) >= 11 is 0. The van der Waals surface area contributed by atoms with Gasteiger partial charge >= 0.3 is 0 Å². The second-order valence-corrected chi connectivity index (χ2v) is 6.14. The van der Waals surface area contributed by atoms with Crippen molar-refractivity contribution in [2.24, 2.45) is 5.92 Å². The number of rotatable bonds is 6. The summed E-state index contributed by atoms with van der Waals surface area (Å²) in [5.41, 5.74) is 1.31. The van der Waals surface area contributed by atoms with Gasteiger partial charge in [0, 0.05) is 32.2 Å². The highest BCUT2D eigenvalue weighted by Gasteiger charge is 2.33. The lowest BCUT2D eigenvalue weighted by molar-refractivity contribution is 0.190. The van der Waals surface area contributed by atoms with Crippen LogP contribution in [0.5, 0.6) is 11.5 Å². The first-order valence-electron chi connectivity index (χ1n) is 7.97. The van der Waals surface area contributed by atoms with Crippen molar-refractivity contribution in [1.29, 1.82) is 0 Å². The molecule has 0 amide bonds. The molecule has 2 aliphatic rings. The third kappa shape index (κ3) is 3.69. The fourth-order valence-corrected chi connectivity index (χ4v) is 3.18. The molecular formula is C17H26N2O2. The molecule has 1 saturated carbocycles. The molecule has 1 aromatic rings. The van der Waals surface area contributed by atoms with Crippen molar-refractivity contribution >= 4 is 0 Å². The van der Waals surface area contributed by atoms with E-state index in [1.54, 1.807) is 14.2 Å². The van der Waals surface area contributed by atoms with Crippen LogP contribution in [-0.2, 0) is 6.42 Å². The van der Waals surface area contributed by atoms with E-state index in [9.17, 15) is 0 Å². The van der Waals surface area contributed by atoms with Crippen LogP contribution < -0.4 is 14.8 Å². The Bertz CT molecular complexity index is 474. The number of hydrogen-bond donors (Lipinski definition) is 1. The Balaban J connectivity index is 1.54. The van der Waals surface area contributed by atoms with Crippen LogP contribution in [-0.4, -0.2) is 51.3 Å². The Morgan fingerprint density at radius 1 is 1.19 bits per heavy atom. The molecule has 3 rings (SSSR count). The molecule has 2 fully saturated rings. The molecule has 1 aliphatic carbocycles. The summed E-state index contributed by atoms with van der Waals surface area (Å²) in [4.78, 5) is 2.59. The smallest absolute Gasteiger partial charge is 0.160 e. The van der Waals surface area contributed by atoms with Crippen molar-refractivity contribution in [2.45, 2.75) is 25.3 Å². The minimum Gasteiger partial charge on any atom is -0.493 e. The molecule has 1 aromatic carbocycles. The van der Waals surface area contributed by atoms with E-state index in [4.69, 9.17) is 9.47 Å². The van der Waals surface area contributed by atoms with Crippen molar-refractivity contribution in [2.75, 3.05) is 40.4 Å². The Hall–Kier alpha value is -1.26. The number of piperazine rings is 1. The maximum absolute atomic E-state index is 5.38. The van der Waals surface area contributed by atoms with Gasteiger partial charge in [-0.25, -0.2) is 0 Å². The van der Waals surface area contributed by atoms with Crippen LogP contribution in [0.1, 0.15) is 18.4 Å². The molecule has 1 heterocycles. The van der Waals surface area contributed by atoms with Gasteiger partial charge in [-0.1, -0.05) is 6.07 Å². The van der Waals surface area contributed by atoms with Gasteiger partial charge in [-0.15, -0.1) is 0 Å². The quantitative estimate of drug-likeness (QED) is 0.868. The predicted molar refractivity (Wildman–Crippen MR) is 84.2 cm³/mol. The van der Waals surface area contributed by atoms with Crippen LogP contribution in [0.25, 0.3) is 0 Å².